The van der Waals surface area contributed by atoms with Crippen molar-refractivity contribution < 1.29 is 0 Å². The van der Waals surface area contributed by atoms with Crippen LogP contribution in [-0.2, 0) is 0 Å². The predicted octanol–water partition coefficient (Wildman–Crippen LogP) is 5.51. The van der Waals surface area contributed by atoms with E-state index in [1.165, 1.54) is 21.9 Å². The number of nitrogens with one attached hydrogen (secondary N) is 2. The number of hydrogen-bond donors (Lipinski definition) is 2. The van der Waals surface area contributed by atoms with Crippen LogP contribution in [0.1, 0.15) is 29.8 Å². The molecule has 0 radical (unpaired) electrons. The Labute approximate surface area is 141 Å². The summed E-state index contributed by atoms with van der Waals surface area (Å²) in [6.45, 7) is 6.35. The van der Waals surface area contributed by atoms with Crippen LogP contribution in [0.2, 0.25) is 0 Å². The van der Waals surface area contributed by atoms with Crippen molar-refractivity contribution in [2.75, 3.05) is 5.32 Å². The summed E-state index contributed by atoms with van der Waals surface area (Å²) in [5.41, 5.74) is 7.01. The van der Waals surface area contributed by atoms with E-state index in [1.54, 1.807) is 0 Å². The van der Waals surface area contributed by atoms with Gasteiger partial charge >= 0.3 is 0 Å². The third-order valence-electron chi connectivity index (χ3n) is 4.67. The summed E-state index contributed by atoms with van der Waals surface area (Å²) in [5, 5.41) is 6.07. The SMILES string of the molecule is Cc1ccc(C(C)Nc2ccc3[nH]c4c(C)nccc4c3c2)cc1. The number of H-pyrrole nitrogens is 1. The number of hydrogen-bond acceptors (Lipinski definition) is 2. The number of aryl methyl sites for hydroxylation is 2. The lowest BCUT2D eigenvalue weighted by Crippen LogP contribution is -2.06. The summed E-state index contributed by atoms with van der Waals surface area (Å²) < 4.78 is 0. The van der Waals surface area contributed by atoms with Gasteiger partial charge in [-0.1, -0.05) is 29.8 Å². The molecule has 0 bridgehead atoms. The first kappa shape index (κ1) is 14.8. The molecule has 0 spiro atoms. The van der Waals surface area contributed by atoms with Crippen molar-refractivity contribution in [2.45, 2.75) is 26.8 Å². The Balaban J connectivity index is 1.71. The molecule has 2 aromatic heterocycles. The molecule has 0 saturated carbocycles. The fraction of sp³-hybridized carbons (Fsp3) is 0.190. The van der Waals surface area contributed by atoms with Gasteiger partial charge in [-0.25, -0.2) is 0 Å². The van der Waals surface area contributed by atoms with Crippen LogP contribution in [0, 0.1) is 13.8 Å². The maximum Gasteiger partial charge on any atom is 0.0681 e. The molecule has 1 unspecified atom stereocenters. The average Bonchev–Trinajstić information content (AvgIpc) is 2.95. The minimum absolute atomic E-state index is 0.261. The van der Waals surface area contributed by atoms with Gasteiger partial charge in [0.25, 0.3) is 0 Å². The van der Waals surface area contributed by atoms with Crippen molar-refractivity contribution in [3.8, 4) is 0 Å². The fourth-order valence-corrected chi connectivity index (χ4v) is 3.24. The second-order valence-electron chi connectivity index (χ2n) is 6.48. The first-order valence-electron chi connectivity index (χ1n) is 8.32. The van der Waals surface area contributed by atoms with Gasteiger partial charge in [-0.2, -0.15) is 0 Å². The summed E-state index contributed by atoms with van der Waals surface area (Å²) >= 11 is 0. The van der Waals surface area contributed by atoms with Crippen molar-refractivity contribution >= 4 is 27.5 Å². The van der Waals surface area contributed by atoms with E-state index in [2.05, 4.69) is 77.7 Å². The molecule has 0 fully saturated rings. The highest BCUT2D eigenvalue weighted by molar-refractivity contribution is 6.08. The minimum Gasteiger partial charge on any atom is -0.379 e. The van der Waals surface area contributed by atoms with E-state index >= 15 is 0 Å². The van der Waals surface area contributed by atoms with Gasteiger partial charge < -0.3 is 10.3 Å². The number of fused-ring (bicyclic) bond motifs is 3. The van der Waals surface area contributed by atoms with Gasteiger partial charge in [0.1, 0.15) is 0 Å². The van der Waals surface area contributed by atoms with Gasteiger partial charge in [-0.05, 0) is 50.6 Å². The third-order valence-corrected chi connectivity index (χ3v) is 4.67. The Bertz CT molecular complexity index is 1010. The highest BCUT2D eigenvalue weighted by Crippen LogP contribution is 2.30. The zero-order chi connectivity index (χ0) is 16.7. The Kier molecular flexibility index (Phi) is 3.49. The quantitative estimate of drug-likeness (QED) is 0.523. The fourth-order valence-electron chi connectivity index (χ4n) is 3.24. The van der Waals surface area contributed by atoms with E-state index < -0.39 is 0 Å². The summed E-state index contributed by atoms with van der Waals surface area (Å²) in [6, 6.07) is 17.5. The number of aromatic nitrogens is 2. The van der Waals surface area contributed by atoms with Crippen LogP contribution < -0.4 is 5.32 Å². The number of aromatic amines is 1. The molecule has 0 aliphatic carbocycles. The Morgan fingerprint density at radius 2 is 1.75 bits per heavy atom. The highest BCUT2D eigenvalue weighted by Gasteiger charge is 2.09. The van der Waals surface area contributed by atoms with E-state index in [4.69, 9.17) is 0 Å². The van der Waals surface area contributed by atoms with Crippen molar-refractivity contribution in [3.63, 3.8) is 0 Å². The number of nitrogens with zero attached hydrogens (tertiary/aromatic N) is 1. The molecule has 0 saturated heterocycles. The standard InChI is InChI=1S/C21H21N3/c1-13-4-6-16(7-5-13)14(2)23-17-8-9-20-19(12-17)18-10-11-22-15(3)21(18)24-20/h4-12,14,23-24H,1-3H3. The van der Waals surface area contributed by atoms with Crippen LogP contribution in [0.3, 0.4) is 0 Å². The van der Waals surface area contributed by atoms with E-state index in [-0.39, 0.29) is 6.04 Å². The topological polar surface area (TPSA) is 40.7 Å². The molecule has 4 rings (SSSR count). The van der Waals surface area contributed by atoms with Crippen molar-refractivity contribution in [1.82, 2.24) is 9.97 Å². The molecule has 2 aromatic carbocycles. The molecular formula is C21H21N3. The molecule has 0 amide bonds. The lowest BCUT2D eigenvalue weighted by molar-refractivity contribution is 0.884. The molecule has 1 atom stereocenters. The highest BCUT2D eigenvalue weighted by atomic mass is 14.9. The molecule has 3 heteroatoms. The molecular weight excluding hydrogens is 294 g/mol. The second kappa shape index (κ2) is 5.68. The first-order chi connectivity index (χ1) is 11.6. The average molecular weight is 315 g/mol. The molecule has 4 aromatic rings. The second-order valence-corrected chi connectivity index (χ2v) is 6.48. The van der Waals surface area contributed by atoms with Crippen molar-refractivity contribution in [1.29, 1.82) is 0 Å². The summed E-state index contributed by atoms with van der Waals surface area (Å²) in [4.78, 5) is 7.85. The van der Waals surface area contributed by atoms with Gasteiger partial charge in [0, 0.05) is 34.2 Å². The lowest BCUT2D eigenvalue weighted by atomic mass is 10.1. The van der Waals surface area contributed by atoms with E-state index in [0.717, 1.165) is 22.4 Å². The molecule has 0 aliphatic rings. The normalized spacial score (nSPS) is 12.6. The van der Waals surface area contributed by atoms with Gasteiger partial charge in [0.15, 0.2) is 0 Å². The molecule has 120 valence electrons. The lowest BCUT2D eigenvalue weighted by Gasteiger charge is -2.16. The smallest absolute Gasteiger partial charge is 0.0681 e. The van der Waals surface area contributed by atoms with E-state index in [1.807, 2.05) is 13.1 Å². The predicted molar refractivity (Wildman–Crippen MR) is 102 cm³/mol. The first-order valence-corrected chi connectivity index (χ1v) is 8.32. The molecule has 24 heavy (non-hydrogen) atoms. The minimum atomic E-state index is 0.261. The monoisotopic (exact) mass is 315 g/mol. The molecule has 2 N–H and O–H groups in total. The summed E-state index contributed by atoms with van der Waals surface area (Å²) in [6.07, 6.45) is 1.87. The zero-order valence-corrected chi connectivity index (χ0v) is 14.2. The zero-order valence-electron chi connectivity index (χ0n) is 14.2. The number of pyridine rings is 1. The van der Waals surface area contributed by atoms with Gasteiger partial charge in [0.05, 0.1) is 11.2 Å². The van der Waals surface area contributed by atoms with Crippen molar-refractivity contribution in [3.05, 3.63) is 71.5 Å². The van der Waals surface area contributed by atoms with Crippen LogP contribution in [0.4, 0.5) is 5.69 Å². The molecule has 0 aliphatic heterocycles. The van der Waals surface area contributed by atoms with Gasteiger partial charge in [-0.15, -0.1) is 0 Å². The third kappa shape index (κ3) is 2.52. The number of benzene rings is 2. The Hall–Kier alpha value is -2.81. The van der Waals surface area contributed by atoms with Crippen molar-refractivity contribution in [2.24, 2.45) is 0 Å². The van der Waals surface area contributed by atoms with Crippen LogP contribution in [0.5, 0.6) is 0 Å². The van der Waals surface area contributed by atoms with Gasteiger partial charge in [0.2, 0.25) is 0 Å². The summed E-state index contributed by atoms with van der Waals surface area (Å²) in [5.74, 6) is 0. The van der Waals surface area contributed by atoms with Crippen LogP contribution in [0.25, 0.3) is 21.8 Å². The van der Waals surface area contributed by atoms with Crippen LogP contribution >= 0.6 is 0 Å². The maximum absolute atomic E-state index is 4.37. The largest absolute Gasteiger partial charge is 0.379 e. The number of anilines is 1. The molecule has 3 nitrogen and oxygen atoms in total. The van der Waals surface area contributed by atoms with Crippen LogP contribution in [-0.4, -0.2) is 9.97 Å². The summed E-state index contributed by atoms with van der Waals surface area (Å²) in [7, 11) is 0. The Morgan fingerprint density at radius 1 is 0.958 bits per heavy atom. The Morgan fingerprint density at radius 3 is 2.54 bits per heavy atom. The molecule has 2 heterocycles. The van der Waals surface area contributed by atoms with Gasteiger partial charge in [-0.3, -0.25) is 4.98 Å². The number of rotatable bonds is 3. The van der Waals surface area contributed by atoms with E-state index in [9.17, 15) is 0 Å². The maximum atomic E-state index is 4.37. The van der Waals surface area contributed by atoms with E-state index in [0.29, 0.717) is 0 Å². The van der Waals surface area contributed by atoms with Crippen LogP contribution in [0.15, 0.2) is 54.7 Å².